The largest absolute Gasteiger partial charge is 0.481 e. The molecule has 2 aromatic carbocycles. The van der Waals surface area contributed by atoms with Crippen LogP contribution in [0.3, 0.4) is 0 Å². The first-order valence-electron chi connectivity index (χ1n) is 10.2. The Hall–Kier alpha value is -2.66. The number of aliphatic carboxylic acids is 1. The quantitative estimate of drug-likeness (QED) is 0.302. The zero-order valence-electron chi connectivity index (χ0n) is 17.4. The number of rotatable bonds is 9. The number of esters is 1. The summed E-state index contributed by atoms with van der Waals surface area (Å²) >= 11 is 0. The van der Waals surface area contributed by atoms with E-state index in [1.165, 1.54) is 0 Å². The Morgan fingerprint density at radius 1 is 0.966 bits per heavy atom. The molecule has 1 aliphatic rings. The van der Waals surface area contributed by atoms with E-state index in [0.717, 1.165) is 39.7 Å². The molecule has 1 N–H and O–H groups in total. The molecule has 0 bridgehead atoms. The van der Waals surface area contributed by atoms with Gasteiger partial charge in [0.15, 0.2) is 5.92 Å². The van der Waals surface area contributed by atoms with Crippen LogP contribution >= 0.6 is 0 Å². The van der Waals surface area contributed by atoms with Gasteiger partial charge in [0.05, 0.1) is 27.7 Å². The summed E-state index contributed by atoms with van der Waals surface area (Å²) in [6.45, 7) is 1.10. The summed E-state index contributed by atoms with van der Waals surface area (Å²) in [5.74, 6) is -2.90. The summed E-state index contributed by atoms with van der Waals surface area (Å²) in [5, 5.41) is 9.51. The fourth-order valence-electron chi connectivity index (χ4n) is 3.98. The van der Waals surface area contributed by atoms with Gasteiger partial charge >= 0.3 is 11.9 Å². The van der Waals surface area contributed by atoms with Crippen molar-refractivity contribution >= 4 is 11.9 Å². The summed E-state index contributed by atoms with van der Waals surface area (Å²) < 4.78 is 6.36. The van der Waals surface area contributed by atoms with Gasteiger partial charge in [-0.3, -0.25) is 9.59 Å². The third-order valence-electron chi connectivity index (χ3n) is 5.51. The summed E-state index contributed by atoms with van der Waals surface area (Å²) in [6, 6.07) is 16.2. The zero-order chi connectivity index (χ0) is 21.0. The fourth-order valence-corrected chi connectivity index (χ4v) is 3.98. The molecular formula is C24H30NO4+. The van der Waals surface area contributed by atoms with E-state index >= 15 is 0 Å². The highest BCUT2D eigenvalue weighted by atomic mass is 16.5. The second-order valence-electron chi connectivity index (χ2n) is 8.76. The molecular weight excluding hydrogens is 366 g/mol. The third-order valence-corrected chi connectivity index (χ3v) is 5.51. The van der Waals surface area contributed by atoms with Crippen molar-refractivity contribution in [3.63, 3.8) is 0 Å². The molecule has 3 rings (SSSR count). The number of unbranched alkanes of at least 4 members (excludes halogenated alkanes) is 1. The minimum absolute atomic E-state index is 0.0565. The van der Waals surface area contributed by atoms with Crippen molar-refractivity contribution in [1.29, 1.82) is 0 Å². The van der Waals surface area contributed by atoms with E-state index in [0.29, 0.717) is 12.8 Å². The zero-order valence-corrected chi connectivity index (χ0v) is 17.4. The maximum absolute atomic E-state index is 12.5. The Balaban J connectivity index is 1.64. The molecule has 0 saturated carbocycles. The third kappa shape index (κ3) is 5.04. The van der Waals surface area contributed by atoms with Crippen molar-refractivity contribution in [3.8, 4) is 11.1 Å². The van der Waals surface area contributed by atoms with Crippen LogP contribution in [0.1, 0.15) is 36.3 Å². The minimum atomic E-state index is -1.10. The average molecular weight is 397 g/mol. The summed E-state index contributed by atoms with van der Waals surface area (Å²) in [7, 11) is 6.29. The molecule has 0 radical (unpaired) electrons. The van der Waals surface area contributed by atoms with E-state index in [1.54, 1.807) is 0 Å². The number of nitrogens with zero attached hydrogens (tertiary/aromatic N) is 1. The summed E-state index contributed by atoms with van der Waals surface area (Å²) in [6.07, 6.45) is 1.88. The lowest BCUT2D eigenvalue weighted by Gasteiger charge is -2.24. The smallest absolute Gasteiger partial charge is 0.320 e. The first-order chi connectivity index (χ1) is 13.8. The predicted molar refractivity (Wildman–Crippen MR) is 113 cm³/mol. The second kappa shape index (κ2) is 8.78. The number of benzene rings is 2. The van der Waals surface area contributed by atoms with Gasteiger partial charge in [0.25, 0.3) is 0 Å². The van der Waals surface area contributed by atoms with Crippen LogP contribution in [0.2, 0.25) is 0 Å². The summed E-state index contributed by atoms with van der Waals surface area (Å²) in [5.41, 5.74) is 4.55. The topological polar surface area (TPSA) is 63.6 Å². The molecule has 0 heterocycles. The van der Waals surface area contributed by atoms with Crippen molar-refractivity contribution in [2.24, 2.45) is 5.92 Å². The van der Waals surface area contributed by atoms with Crippen LogP contribution in [0.4, 0.5) is 0 Å². The Morgan fingerprint density at radius 2 is 1.52 bits per heavy atom. The molecule has 0 saturated heterocycles. The van der Waals surface area contributed by atoms with Gasteiger partial charge in [-0.25, -0.2) is 0 Å². The van der Waals surface area contributed by atoms with Crippen LogP contribution in [0.15, 0.2) is 48.5 Å². The van der Waals surface area contributed by atoms with Gasteiger partial charge < -0.3 is 14.3 Å². The minimum Gasteiger partial charge on any atom is -0.481 e. The monoisotopic (exact) mass is 396 g/mol. The van der Waals surface area contributed by atoms with Gasteiger partial charge in [-0.1, -0.05) is 48.5 Å². The molecule has 5 nitrogen and oxygen atoms in total. The molecule has 0 spiro atoms. The van der Waals surface area contributed by atoms with Crippen LogP contribution in [-0.2, 0) is 14.3 Å². The maximum Gasteiger partial charge on any atom is 0.320 e. The van der Waals surface area contributed by atoms with Gasteiger partial charge in [0, 0.05) is 5.92 Å². The Morgan fingerprint density at radius 3 is 2.03 bits per heavy atom. The van der Waals surface area contributed by atoms with Gasteiger partial charge in [0.1, 0.15) is 6.61 Å². The van der Waals surface area contributed by atoms with Crippen LogP contribution in [-0.4, -0.2) is 55.8 Å². The molecule has 0 aromatic heterocycles. The highest BCUT2D eigenvalue weighted by Crippen LogP contribution is 2.44. The fraction of sp³-hybridized carbons (Fsp3) is 0.417. The number of hydrogen-bond donors (Lipinski definition) is 1. The molecule has 1 atom stereocenters. The molecule has 2 aromatic rings. The molecule has 1 aliphatic carbocycles. The summed E-state index contributed by atoms with van der Waals surface area (Å²) in [4.78, 5) is 24.2. The normalized spacial score (nSPS) is 14.2. The molecule has 0 fully saturated rings. The number of carboxylic acid groups (broad SMARTS) is 1. The number of carbonyl (C=O) groups excluding carboxylic acids is 1. The van der Waals surface area contributed by atoms with Crippen molar-refractivity contribution in [3.05, 3.63) is 59.7 Å². The van der Waals surface area contributed by atoms with Crippen molar-refractivity contribution in [2.45, 2.75) is 25.2 Å². The van der Waals surface area contributed by atoms with Crippen LogP contribution in [0.25, 0.3) is 11.1 Å². The standard InChI is InChI=1S/C24H29NO4/c1-25(2,3)15-9-8-14-21(23(26)27)24(28)29-16-22-19-12-6-4-10-17(19)18-11-5-7-13-20(18)22/h4-7,10-13,21-22H,8-9,14-16H2,1-3H3/p+1/t21-/m0/s1. The molecule has 5 heteroatoms. The van der Waals surface area contributed by atoms with Crippen molar-refractivity contribution in [2.75, 3.05) is 34.3 Å². The van der Waals surface area contributed by atoms with E-state index < -0.39 is 17.9 Å². The van der Waals surface area contributed by atoms with E-state index in [9.17, 15) is 14.7 Å². The molecule has 0 unspecified atom stereocenters. The number of quaternary nitrogens is 1. The first kappa shape index (κ1) is 21.1. The highest BCUT2D eigenvalue weighted by molar-refractivity contribution is 5.94. The molecule has 0 aliphatic heterocycles. The SMILES string of the molecule is C[N+](C)(C)CCCC[C@@H](C(=O)O)C(=O)OCC1c2ccccc2-c2ccccc21. The average Bonchev–Trinajstić information content (AvgIpc) is 2.99. The van der Waals surface area contributed by atoms with Crippen LogP contribution in [0.5, 0.6) is 0 Å². The number of carbonyl (C=O) groups is 2. The maximum atomic E-state index is 12.5. The van der Waals surface area contributed by atoms with E-state index in [4.69, 9.17) is 4.74 Å². The lowest BCUT2D eigenvalue weighted by atomic mass is 9.97. The number of hydrogen-bond acceptors (Lipinski definition) is 3. The Labute approximate surface area is 172 Å². The van der Waals surface area contributed by atoms with Gasteiger partial charge in [-0.2, -0.15) is 0 Å². The lowest BCUT2D eigenvalue weighted by Crippen LogP contribution is -2.35. The highest BCUT2D eigenvalue weighted by Gasteiger charge is 2.32. The van der Waals surface area contributed by atoms with Gasteiger partial charge in [-0.05, 0) is 41.5 Å². The number of fused-ring (bicyclic) bond motifs is 3. The van der Waals surface area contributed by atoms with E-state index in [1.807, 2.05) is 36.4 Å². The predicted octanol–water partition coefficient (Wildman–Crippen LogP) is 3.92. The van der Waals surface area contributed by atoms with E-state index in [-0.39, 0.29) is 12.5 Å². The number of carboxylic acids is 1. The van der Waals surface area contributed by atoms with Crippen LogP contribution in [0, 0.1) is 5.92 Å². The molecule has 29 heavy (non-hydrogen) atoms. The second-order valence-corrected chi connectivity index (χ2v) is 8.76. The van der Waals surface area contributed by atoms with Crippen molar-refractivity contribution in [1.82, 2.24) is 0 Å². The Bertz CT molecular complexity index is 839. The molecule has 154 valence electrons. The number of ether oxygens (including phenoxy) is 1. The first-order valence-corrected chi connectivity index (χ1v) is 10.2. The van der Waals surface area contributed by atoms with E-state index in [2.05, 4.69) is 33.3 Å². The Kier molecular flexibility index (Phi) is 6.38. The van der Waals surface area contributed by atoms with Gasteiger partial charge in [-0.15, -0.1) is 0 Å². The lowest BCUT2D eigenvalue weighted by molar-refractivity contribution is -0.870. The van der Waals surface area contributed by atoms with Gasteiger partial charge in [0.2, 0.25) is 0 Å². The molecule has 0 amide bonds. The van der Waals surface area contributed by atoms with Crippen LogP contribution < -0.4 is 0 Å². The van der Waals surface area contributed by atoms with Crippen molar-refractivity contribution < 1.29 is 23.9 Å².